The van der Waals surface area contributed by atoms with Gasteiger partial charge >= 0.3 is 6.36 Å². The molecule has 0 saturated carbocycles. The number of amides is 1. The summed E-state index contributed by atoms with van der Waals surface area (Å²) in [5, 5.41) is 0. The van der Waals surface area contributed by atoms with Crippen LogP contribution in [0.15, 0.2) is 76.8 Å². The minimum absolute atomic E-state index is 0.0212. The summed E-state index contributed by atoms with van der Waals surface area (Å²) in [7, 11) is 1.54. The fraction of sp³-hybridized carbons (Fsp3) is 0.160. The van der Waals surface area contributed by atoms with Crippen molar-refractivity contribution in [2.75, 3.05) is 18.6 Å². The molecule has 2 N–H and O–H groups in total. The number of carbonyl (C=O) groups excluding carboxylic acids is 1. The Labute approximate surface area is 203 Å². The van der Waals surface area contributed by atoms with Crippen LogP contribution in [0.3, 0.4) is 0 Å². The fourth-order valence-electron chi connectivity index (χ4n) is 3.79. The van der Waals surface area contributed by atoms with E-state index in [1.165, 1.54) is 47.3 Å². The molecule has 3 aromatic rings. The average molecular weight is 498 g/mol. The number of nitrogens with two attached hydrogens (primary N) is 1. The molecule has 0 spiro atoms. The van der Waals surface area contributed by atoms with Crippen LogP contribution in [0.2, 0.25) is 0 Å². The number of aliphatic imine (C=N–C) groups is 1. The molecule has 0 unspecified atom stereocenters. The zero-order valence-electron chi connectivity index (χ0n) is 19.0. The Bertz CT molecular complexity index is 1380. The van der Waals surface area contributed by atoms with Gasteiger partial charge in [0.25, 0.3) is 11.5 Å². The Hall–Kier alpha value is -4.54. The van der Waals surface area contributed by atoms with E-state index >= 15 is 0 Å². The molecule has 2 heterocycles. The number of anilines is 1. The van der Waals surface area contributed by atoms with Crippen LogP contribution in [0.5, 0.6) is 11.5 Å². The first-order valence-electron chi connectivity index (χ1n) is 10.7. The van der Waals surface area contributed by atoms with Gasteiger partial charge in [-0.3, -0.25) is 24.0 Å². The predicted octanol–water partition coefficient (Wildman–Crippen LogP) is 3.66. The van der Waals surface area contributed by atoms with E-state index in [-0.39, 0.29) is 30.3 Å². The zero-order valence-corrected chi connectivity index (χ0v) is 19.0. The third-order valence-electron chi connectivity index (χ3n) is 5.34. The molecule has 0 bridgehead atoms. The van der Waals surface area contributed by atoms with E-state index < -0.39 is 23.6 Å². The highest BCUT2D eigenvalue weighted by atomic mass is 19.4. The highest BCUT2D eigenvalue weighted by Crippen LogP contribution is 2.37. The second-order valence-electron chi connectivity index (χ2n) is 7.70. The highest BCUT2D eigenvalue weighted by Gasteiger charge is 2.33. The zero-order chi connectivity index (χ0) is 25.9. The Morgan fingerprint density at radius 2 is 1.83 bits per heavy atom. The Morgan fingerprint density at radius 1 is 1.14 bits per heavy atom. The number of ether oxygens (including phenoxy) is 2. The first-order chi connectivity index (χ1) is 17.2. The Morgan fingerprint density at radius 3 is 2.44 bits per heavy atom. The van der Waals surface area contributed by atoms with Gasteiger partial charge < -0.3 is 15.2 Å². The van der Waals surface area contributed by atoms with Crippen molar-refractivity contribution in [2.45, 2.75) is 12.9 Å². The van der Waals surface area contributed by atoms with Crippen LogP contribution in [0, 0.1) is 0 Å². The summed E-state index contributed by atoms with van der Waals surface area (Å²) >= 11 is 0. The monoisotopic (exact) mass is 498 g/mol. The van der Waals surface area contributed by atoms with Crippen molar-refractivity contribution in [2.24, 2.45) is 10.7 Å². The summed E-state index contributed by atoms with van der Waals surface area (Å²) in [5.74, 6) is -0.716. The molecule has 36 heavy (non-hydrogen) atoms. The number of aromatic nitrogens is 1. The number of benzene rings is 2. The third-order valence-corrected chi connectivity index (χ3v) is 5.34. The minimum atomic E-state index is -4.85. The summed E-state index contributed by atoms with van der Waals surface area (Å²) < 4.78 is 48.5. The van der Waals surface area contributed by atoms with Crippen molar-refractivity contribution in [1.82, 2.24) is 4.57 Å². The molecule has 2 aromatic carbocycles. The molecule has 1 amide bonds. The number of carbonyl (C=O) groups is 1. The lowest BCUT2D eigenvalue weighted by atomic mass is 10.1. The molecule has 186 valence electrons. The first kappa shape index (κ1) is 24.6. The van der Waals surface area contributed by atoms with Gasteiger partial charge in [0, 0.05) is 42.5 Å². The predicted molar refractivity (Wildman–Crippen MR) is 128 cm³/mol. The molecule has 11 heteroatoms. The van der Waals surface area contributed by atoms with E-state index in [1.807, 2.05) is 30.3 Å². The standard InChI is InChI=1S/C25H21F3N4O4/c1-30-12-17(11-29)20-14-31(18-7-9-19(10-8-18)36-25(26,27)28)24(34)22-23(20)35-15-21(33)32(22)13-16-5-3-2-4-6-16/h2-12,14H,13,15,29H2,1H3. The minimum Gasteiger partial charge on any atom is -0.481 e. The van der Waals surface area contributed by atoms with Crippen molar-refractivity contribution in [3.05, 3.63) is 88.5 Å². The maximum atomic E-state index is 13.7. The number of alkyl halides is 3. The lowest BCUT2D eigenvalue weighted by Crippen LogP contribution is -2.43. The molecule has 0 radical (unpaired) electrons. The van der Waals surface area contributed by atoms with Gasteiger partial charge in [-0.25, -0.2) is 0 Å². The Balaban J connectivity index is 1.90. The molecule has 4 rings (SSSR count). The molecular weight excluding hydrogens is 477 g/mol. The Kier molecular flexibility index (Phi) is 6.82. The van der Waals surface area contributed by atoms with E-state index in [9.17, 15) is 22.8 Å². The highest BCUT2D eigenvalue weighted by molar-refractivity contribution is 6.12. The van der Waals surface area contributed by atoms with Gasteiger partial charge in [-0.05, 0) is 29.8 Å². The maximum Gasteiger partial charge on any atom is 0.573 e. The van der Waals surface area contributed by atoms with Gasteiger partial charge in [-0.15, -0.1) is 13.2 Å². The lowest BCUT2D eigenvalue weighted by Gasteiger charge is -2.31. The van der Waals surface area contributed by atoms with Crippen molar-refractivity contribution in [1.29, 1.82) is 0 Å². The van der Waals surface area contributed by atoms with Crippen molar-refractivity contribution >= 4 is 23.4 Å². The second kappa shape index (κ2) is 9.98. The van der Waals surface area contributed by atoms with Gasteiger partial charge in [-0.2, -0.15) is 0 Å². The molecule has 1 aliphatic rings. The van der Waals surface area contributed by atoms with Crippen LogP contribution >= 0.6 is 0 Å². The molecule has 0 fully saturated rings. The maximum absolute atomic E-state index is 13.7. The van der Waals surface area contributed by atoms with Crippen LogP contribution in [0.4, 0.5) is 18.9 Å². The van der Waals surface area contributed by atoms with Crippen molar-refractivity contribution in [3.63, 3.8) is 0 Å². The summed E-state index contributed by atoms with van der Waals surface area (Å²) in [5.41, 5.74) is 7.00. The molecule has 0 saturated heterocycles. The van der Waals surface area contributed by atoms with Crippen LogP contribution < -0.4 is 25.7 Å². The van der Waals surface area contributed by atoms with Crippen LogP contribution in [-0.4, -0.2) is 36.7 Å². The van der Waals surface area contributed by atoms with Crippen LogP contribution in [-0.2, 0) is 11.3 Å². The normalized spacial score (nSPS) is 14.1. The second-order valence-corrected chi connectivity index (χ2v) is 7.70. The van der Waals surface area contributed by atoms with E-state index in [0.29, 0.717) is 11.1 Å². The van der Waals surface area contributed by atoms with Gasteiger partial charge in [0.15, 0.2) is 18.0 Å². The van der Waals surface area contributed by atoms with E-state index in [1.54, 1.807) is 0 Å². The fourth-order valence-corrected chi connectivity index (χ4v) is 3.79. The number of fused-ring (bicyclic) bond motifs is 1. The smallest absolute Gasteiger partial charge is 0.481 e. The molecule has 0 atom stereocenters. The lowest BCUT2D eigenvalue weighted by molar-refractivity contribution is -0.274. The number of rotatable bonds is 6. The van der Waals surface area contributed by atoms with Crippen LogP contribution in [0.1, 0.15) is 11.1 Å². The van der Waals surface area contributed by atoms with E-state index in [0.717, 1.165) is 17.7 Å². The van der Waals surface area contributed by atoms with E-state index in [2.05, 4.69) is 9.73 Å². The average Bonchev–Trinajstić information content (AvgIpc) is 2.85. The van der Waals surface area contributed by atoms with Crippen molar-refractivity contribution in [3.8, 4) is 17.2 Å². The number of hydrogen-bond acceptors (Lipinski definition) is 6. The van der Waals surface area contributed by atoms with Crippen LogP contribution in [0.25, 0.3) is 11.3 Å². The van der Waals surface area contributed by atoms with Gasteiger partial charge in [-0.1, -0.05) is 30.3 Å². The van der Waals surface area contributed by atoms with E-state index in [4.69, 9.17) is 10.5 Å². The first-order valence-corrected chi connectivity index (χ1v) is 10.7. The number of allylic oxidation sites excluding steroid dienone is 1. The topological polar surface area (TPSA) is 99.1 Å². The summed E-state index contributed by atoms with van der Waals surface area (Å²) in [6.07, 6.45) is -0.671. The number of hydrogen-bond donors (Lipinski definition) is 1. The number of nitrogens with zero attached hydrogens (tertiary/aromatic N) is 3. The number of halogens is 3. The molecule has 0 aliphatic carbocycles. The van der Waals surface area contributed by atoms with Gasteiger partial charge in [0.2, 0.25) is 0 Å². The van der Waals surface area contributed by atoms with Gasteiger partial charge in [0.05, 0.1) is 6.54 Å². The largest absolute Gasteiger partial charge is 0.573 e. The molecule has 1 aliphatic heterocycles. The molecular formula is C25H21F3N4O4. The number of pyridine rings is 1. The SMILES string of the molecule is CN=CC(=CN)c1cn(-c2ccc(OC(F)(F)F)cc2)c(=O)c2c1OCC(=O)N2Cc1ccccc1. The quantitative estimate of drug-likeness (QED) is 0.523. The summed E-state index contributed by atoms with van der Waals surface area (Å²) in [6.45, 7) is -0.183. The summed E-state index contributed by atoms with van der Waals surface area (Å²) in [6, 6.07) is 13.9. The molecule has 8 nitrogen and oxygen atoms in total. The van der Waals surface area contributed by atoms with Crippen molar-refractivity contribution < 1.29 is 27.4 Å². The molecule has 1 aromatic heterocycles. The van der Waals surface area contributed by atoms with Gasteiger partial charge in [0.1, 0.15) is 5.75 Å². The summed E-state index contributed by atoms with van der Waals surface area (Å²) in [4.78, 5) is 31.9. The third kappa shape index (κ3) is 5.09.